The smallest absolute Gasteiger partial charge is 0.414 e. The van der Waals surface area contributed by atoms with Gasteiger partial charge in [0.1, 0.15) is 11.7 Å². The van der Waals surface area contributed by atoms with Gasteiger partial charge < -0.3 is 14.8 Å². The van der Waals surface area contributed by atoms with Crippen LogP contribution in [0.15, 0.2) is 23.0 Å². The van der Waals surface area contributed by atoms with Crippen molar-refractivity contribution in [1.82, 2.24) is 9.88 Å². The predicted molar refractivity (Wildman–Crippen MR) is 108 cm³/mol. The van der Waals surface area contributed by atoms with Crippen LogP contribution in [0.4, 0.5) is 15.3 Å². The Bertz CT molecular complexity index is 957. The molecule has 152 valence electrons. The first-order valence-electron chi connectivity index (χ1n) is 9.15. The molecule has 1 N–H and O–H groups in total. The van der Waals surface area contributed by atoms with Crippen LogP contribution in [0.5, 0.6) is 0 Å². The van der Waals surface area contributed by atoms with Crippen LogP contribution in [-0.4, -0.2) is 41.5 Å². The zero-order valence-corrected chi connectivity index (χ0v) is 17.5. The molecule has 0 aliphatic carbocycles. The normalized spacial score (nSPS) is 17.3. The fourth-order valence-corrected chi connectivity index (χ4v) is 4.08. The third-order valence-electron chi connectivity index (χ3n) is 4.17. The molecular weight excluding hydrogens is 382 g/mol. The molecule has 2 heterocycles. The van der Waals surface area contributed by atoms with Crippen molar-refractivity contribution in [3.8, 4) is 0 Å². The van der Waals surface area contributed by atoms with Gasteiger partial charge in [0.05, 0.1) is 23.3 Å². The van der Waals surface area contributed by atoms with E-state index in [9.17, 15) is 14.4 Å². The molecule has 9 heteroatoms. The number of ether oxygens (including phenoxy) is 2. The number of carbonyl (C=O) groups excluding carboxylic acids is 2. The number of hydrogen-bond acceptors (Lipinski definition) is 6. The lowest BCUT2D eigenvalue weighted by Crippen LogP contribution is -2.38. The zero-order chi connectivity index (χ0) is 20.6. The number of fused-ring (bicyclic) bond motifs is 1. The highest BCUT2D eigenvalue weighted by molar-refractivity contribution is 7.16. The van der Waals surface area contributed by atoms with Crippen LogP contribution in [0.1, 0.15) is 40.7 Å². The Hall–Kier alpha value is -2.55. The van der Waals surface area contributed by atoms with Crippen LogP contribution in [-0.2, 0) is 9.47 Å². The molecule has 0 spiro atoms. The molecule has 1 aliphatic rings. The third-order valence-corrected chi connectivity index (χ3v) is 5.09. The van der Waals surface area contributed by atoms with Crippen molar-refractivity contribution in [2.24, 2.45) is 0 Å². The maximum atomic E-state index is 12.3. The van der Waals surface area contributed by atoms with Crippen molar-refractivity contribution < 1.29 is 19.1 Å². The van der Waals surface area contributed by atoms with E-state index in [1.807, 2.05) is 26.0 Å². The number of amides is 2. The number of nitrogens with one attached hydrogen (secondary N) is 1. The number of hydrogen-bond donors (Lipinski definition) is 1. The summed E-state index contributed by atoms with van der Waals surface area (Å²) >= 11 is 1.16. The summed E-state index contributed by atoms with van der Waals surface area (Å²) in [5, 5.41) is 2.62. The van der Waals surface area contributed by atoms with Crippen molar-refractivity contribution in [2.75, 3.05) is 18.0 Å². The Balaban J connectivity index is 1.70. The maximum absolute atomic E-state index is 12.3. The summed E-state index contributed by atoms with van der Waals surface area (Å²) < 4.78 is 13.1. The highest BCUT2D eigenvalue weighted by Gasteiger charge is 2.33. The second kappa shape index (κ2) is 7.46. The van der Waals surface area contributed by atoms with Crippen molar-refractivity contribution in [2.45, 2.75) is 52.4 Å². The second-order valence-corrected chi connectivity index (χ2v) is 8.98. The van der Waals surface area contributed by atoms with E-state index in [0.717, 1.165) is 21.6 Å². The van der Waals surface area contributed by atoms with Crippen LogP contribution < -0.4 is 15.1 Å². The first-order valence-corrected chi connectivity index (χ1v) is 9.97. The lowest BCUT2D eigenvalue weighted by atomic mass is 10.2. The number of alkyl carbamates (subject to hydrolysis) is 1. The van der Waals surface area contributed by atoms with Gasteiger partial charge in [-0.25, -0.2) is 9.59 Å². The quantitative estimate of drug-likeness (QED) is 0.838. The Labute approximate surface area is 167 Å². The Morgan fingerprint density at radius 2 is 2.07 bits per heavy atom. The van der Waals surface area contributed by atoms with Crippen LogP contribution in [0.2, 0.25) is 0 Å². The van der Waals surface area contributed by atoms with E-state index in [2.05, 4.69) is 5.32 Å². The number of cyclic esters (lactones) is 1. The number of carbonyl (C=O) groups is 2. The number of thiazole rings is 1. The number of aromatic nitrogens is 1. The van der Waals surface area contributed by atoms with Crippen molar-refractivity contribution in [1.29, 1.82) is 0 Å². The summed E-state index contributed by atoms with van der Waals surface area (Å²) in [6.07, 6.45) is -1.51. The molecule has 0 saturated carbocycles. The number of benzene rings is 1. The summed E-state index contributed by atoms with van der Waals surface area (Å²) in [4.78, 5) is 37.7. The van der Waals surface area contributed by atoms with E-state index in [-0.39, 0.29) is 17.5 Å². The summed E-state index contributed by atoms with van der Waals surface area (Å²) in [5.74, 6) is 0. The Kier molecular flexibility index (Phi) is 5.38. The molecule has 0 bridgehead atoms. The Morgan fingerprint density at radius 3 is 2.71 bits per heavy atom. The van der Waals surface area contributed by atoms with Gasteiger partial charge in [-0.3, -0.25) is 14.3 Å². The van der Waals surface area contributed by atoms with Crippen LogP contribution in [0.3, 0.4) is 0 Å². The lowest BCUT2D eigenvalue weighted by Gasteiger charge is -2.20. The van der Waals surface area contributed by atoms with E-state index in [4.69, 9.17) is 9.47 Å². The third kappa shape index (κ3) is 4.30. The fraction of sp³-hybridized carbons (Fsp3) is 0.526. The first kappa shape index (κ1) is 20.2. The number of rotatable bonds is 4. The summed E-state index contributed by atoms with van der Waals surface area (Å²) in [5.41, 5.74) is 0.921. The standard InChI is InChI=1S/C19H25N3O5S/c1-11(2)22-14-7-6-12(8-15(14)28-18(22)25)21-10-13(26-17(21)24)9-20-16(23)27-19(3,4)5/h6-8,11,13H,9-10H2,1-5H3,(H,20,23)/t13-/m0/s1. The van der Waals surface area contributed by atoms with Gasteiger partial charge in [0.15, 0.2) is 0 Å². The molecule has 1 saturated heterocycles. The molecule has 1 atom stereocenters. The van der Waals surface area contributed by atoms with Gasteiger partial charge in [-0.2, -0.15) is 0 Å². The fourth-order valence-electron chi connectivity index (χ4n) is 3.03. The minimum absolute atomic E-state index is 0.0226. The number of anilines is 1. The molecule has 3 rings (SSSR count). The summed E-state index contributed by atoms with van der Waals surface area (Å²) in [7, 11) is 0. The molecule has 1 aromatic heterocycles. The zero-order valence-electron chi connectivity index (χ0n) is 16.6. The summed E-state index contributed by atoms with van der Waals surface area (Å²) in [6.45, 7) is 9.72. The minimum Gasteiger partial charge on any atom is -0.444 e. The van der Waals surface area contributed by atoms with E-state index >= 15 is 0 Å². The molecule has 1 aromatic carbocycles. The van der Waals surface area contributed by atoms with Gasteiger partial charge in [0.25, 0.3) is 0 Å². The van der Waals surface area contributed by atoms with E-state index in [1.165, 1.54) is 4.90 Å². The molecule has 28 heavy (non-hydrogen) atoms. The topological polar surface area (TPSA) is 89.9 Å². The van der Waals surface area contributed by atoms with Gasteiger partial charge in [0.2, 0.25) is 0 Å². The van der Waals surface area contributed by atoms with Crippen LogP contribution >= 0.6 is 11.3 Å². The van der Waals surface area contributed by atoms with Gasteiger partial charge >= 0.3 is 17.1 Å². The molecule has 0 radical (unpaired) electrons. The van der Waals surface area contributed by atoms with Crippen LogP contribution in [0.25, 0.3) is 10.2 Å². The van der Waals surface area contributed by atoms with Gasteiger partial charge in [-0.05, 0) is 52.8 Å². The molecular formula is C19H25N3O5S. The van der Waals surface area contributed by atoms with E-state index < -0.39 is 23.9 Å². The van der Waals surface area contributed by atoms with Crippen molar-refractivity contribution in [3.63, 3.8) is 0 Å². The molecule has 2 aromatic rings. The average molecular weight is 407 g/mol. The maximum Gasteiger partial charge on any atom is 0.414 e. The van der Waals surface area contributed by atoms with Crippen molar-refractivity contribution >= 4 is 39.4 Å². The second-order valence-electron chi connectivity index (χ2n) is 7.98. The SMILES string of the molecule is CC(C)n1c(=O)sc2cc(N3C[C@H](CNC(=O)OC(C)(C)C)OC3=O)ccc21. The van der Waals surface area contributed by atoms with E-state index in [0.29, 0.717) is 12.2 Å². The average Bonchev–Trinajstić information content (AvgIpc) is 3.09. The minimum atomic E-state index is -0.591. The van der Waals surface area contributed by atoms with Crippen molar-refractivity contribution in [3.05, 3.63) is 27.9 Å². The van der Waals surface area contributed by atoms with Crippen LogP contribution in [0, 0.1) is 0 Å². The monoisotopic (exact) mass is 407 g/mol. The molecule has 1 aliphatic heterocycles. The highest BCUT2D eigenvalue weighted by Crippen LogP contribution is 2.28. The number of nitrogens with zero attached hydrogens (tertiary/aromatic N) is 2. The molecule has 2 amide bonds. The Morgan fingerprint density at radius 1 is 1.36 bits per heavy atom. The molecule has 1 fully saturated rings. The van der Waals surface area contributed by atoms with Gasteiger partial charge in [0, 0.05) is 11.7 Å². The van der Waals surface area contributed by atoms with E-state index in [1.54, 1.807) is 31.4 Å². The summed E-state index contributed by atoms with van der Waals surface area (Å²) in [6, 6.07) is 5.54. The first-order chi connectivity index (χ1) is 13.0. The van der Waals surface area contributed by atoms with Gasteiger partial charge in [-0.1, -0.05) is 11.3 Å². The molecule has 0 unspecified atom stereocenters. The lowest BCUT2D eigenvalue weighted by molar-refractivity contribution is 0.0496. The van der Waals surface area contributed by atoms with Gasteiger partial charge in [-0.15, -0.1) is 0 Å². The predicted octanol–water partition coefficient (Wildman–Crippen LogP) is 3.49. The highest BCUT2D eigenvalue weighted by atomic mass is 32.1. The largest absolute Gasteiger partial charge is 0.444 e. The molecule has 8 nitrogen and oxygen atoms in total.